The lowest BCUT2D eigenvalue weighted by atomic mass is 9.95. The average Bonchev–Trinajstić information content (AvgIpc) is 2.35. The van der Waals surface area contributed by atoms with E-state index in [9.17, 15) is 4.79 Å². The van der Waals surface area contributed by atoms with Crippen LogP contribution < -0.4 is 0 Å². The highest BCUT2D eigenvalue weighted by atomic mass is 16.5. The van der Waals surface area contributed by atoms with Crippen LogP contribution in [-0.4, -0.2) is 18.2 Å². The van der Waals surface area contributed by atoms with Crippen LogP contribution in [0.3, 0.4) is 0 Å². The van der Waals surface area contributed by atoms with Gasteiger partial charge in [0.2, 0.25) is 0 Å². The molecule has 1 aromatic rings. The third-order valence-corrected chi connectivity index (χ3v) is 2.45. The molecule has 0 saturated carbocycles. The van der Waals surface area contributed by atoms with E-state index in [0.717, 1.165) is 0 Å². The third kappa shape index (κ3) is 2.05. The number of rotatable bonds is 3. The Morgan fingerprint density at radius 3 is 2.69 bits per heavy atom. The Hall–Kier alpha value is -1.86. The molecule has 1 rings (SSSR count). The van der Waals surface area contributed by atoms with Crippen molar-refractivity contribution in [2.75, 3.05) is 7.11 Å². The average molecular weight is 219 g/mol. The Bertz CT molecular complexity index is 446. The summed E-state index contributed by atoms with van der Waals surface area (Å²) in [6, 6.07) is 5.15. The van der Waals surface area contributed by atoms with E-state index in [2.05, 4.69) is 4.74 Å². The van der Waals surface area contributed by atoms with Crippen LogP contribution in [0.15, 0.2) is 12.1 Å². The fourth-order valence-corrected chi connectivity index (χ4v) is 1.65. The highest BCUT2D eigenvalue weighted by Crippen LogP contribution is 2.20. The van der Waals surface area contributed by atoms with E-state index in [-0.39, 0.29) is 12.2 Å². The van der Waals surface area contributed by atoms with Crippen molar-refractivity contribution < 1.29 is 14.6 Å². The number of carbonyl (C=O) groups is 1. The molecule has 0 heterocycles. The van der Waals surface area contributed by atoms with Gasteiger partial charge < -0.3 is 9.84 Å². The summed E-state index contributed by atoms with van der Waals surface area (Å²) >= 11 is 0. The second kappa shape index (κ2) is 5.29. The minimum absolute atomic E-state index is 0.140. The summed E-state index contributed by atoms with van der Waals surface area (Å²) in [5, 5.41) is 18.2. The quantitative estimate of drug-likeness (QED) is 0.780. The van der Waals surface area contributed by atoms with Crippen molar-refractivity contribution in [1.29, 1.82) is 5.26 Å². The Kier molecular flexibility index (Phi) is 4.03. The normalized spacial score (nSPS) is 9.62. The molecule has 0 aliphatic heterocycles. The monoisotopic (exact) mass is 219 g/mol. The molecule has 4 heteroatoms. The molecule has 0 radical (unpaired) electrons. The molecular formula is C12H13NO3. The highest BCUT2D eigenvalue weighted by Gasteiger charge is 2.16. The summed E-state index contributed by atoms with van der Waals surface area (Å²) < 4.78 is 4.60. The maximum Gasteiger partial charge on any atom is 0.339 e. The lowest BCUT2D eigenvalue weighted by Gasteiger charge is -2.10. The van der Waals surface area contributed by atoms with Crippen LogP contribution in [0, 0.1) is 11.3 Å². The lowest BCUT2D eigenvalue weighted by molar-refractivity contribution is 0.0600. The van der Waals surface area contributed by atoms with Crippen LogP contribution >= 0.6 is 0 Å². The van der Waals surface area contributed by atoms with Gasteiger partial charge in [0, 0.05) is 0 Å². The highest BCUT2D eigenvalue weighted by molar-refractivity contribution is 5.92. The van der Waals surface area contributed by atoms with E-state index in [1.165, 1.54) is 13.2 Å². The molecule has 84 valence electrons. The summed E-state index contributed by atoms with van der Waals surface area (Å²) in [7, 11) is 1.27. The third-order valence-electron chi connectivity index (χ3n) is 2.45. The Balaban J connectivity index is 3.45. The van der Waals surface area contributed by atoms with Gasteiger partial charge in [-0.2, -0.15) is 5.26 Å². The first-order valence-electron chi connectivity index (χ1n) is 4.93. The van der Waals surface area contributed by atoms with Gasteiger partial charge in [-0.15, -0.1) is 0 Å². The largest absolute Gasteiger partial charge is 0.465 e. The van der Waals surface area contributed by atoms with E-state index >= 15 is 0 Å². The number of nitrogens with zero attached hydrogens (tertiary/aromatic N) is 1. The van der Waals surface area contributed by atoms with Gasteiger partial charge in [-0.25, -0.2) is 4.79 Å². The number of benzene rings is 1. The van der Waals surface area contributed by atoms with Gasteiger partial charge in [0.25, 0.3) is 0 Å². The molecule has 1 aromatic carbocycles. The van der Waals surface area contributed by atoms with Crippen molar-refractivity contribution in [2.45, 2.75) is 20.0 Å². The molecule has 0 fully saturated rings. The zero-order valence-electron chi connectivity index (χ0n) is 9.28. The number of hydrogen-bond donors (Lipinski definition) is 1. The number of methoxy groups -OCH3 is 1. The second-order valence-corrected chi connectivity index (χ2v) is 3.24. The Labute approximate surface area is 94.1 Å². The van der Waals surface area contributed by atoms with Crippen LogP contribution in [-0.2, 0) is 17.8 Å². The van der Waals surface area contributed by atoms with Gasteiger partial charge in [0.15, 0.2) is 0 Å². The number of hydrogen-bond acceptors (Lipinski definition) is 4. The van der Waals surface area contributed by atoms with Gasteiger partial charge in [0.05, 0.1) is 24.8 Å². The topological polar surface area (TPSA) is 70.3 Å². The van der Waals surface area contributed by atoms with Gasteiger partial charge in [0.1, 0.15) is 6.07 Å². The van der Waals surface area contributed by atoms with Crippen molar-refractivity contribution in [3.05, 3.63) is 34.4 Å². The van der Waals surface area contributed by atoms with E-state index < -0.39 is 5.97 Å². The van der Waals surface area contributed by atoms with Gasteiger partial charge in [-0.1, -0.05) is 13.0 Å². The molecular weight excluding hydrogens is 206 g/mol. The molecule has 0 aromatic heterocycles. The Morgan fingerprint density at radius 1 is 1.56 bits per heavy atom. The van der Waals surface area contributed by atoms with Crippen LogP contribution in [0.25, 0.3) is 0 Å². The van der Waals surface area contributed by atoms with Gasteiger partial charge in [-0.05, 0) is 23.6 Å². The summed E-state index contributed by atoms with van der Waals surface area (Å²) in [5.41, 5.74) is 1.92. The van der Waals surface area contributed by atoms with Crippen LogP contribution in [0.2, 0.25) is 0 Å². The summed E-state index contributed by atoms with van der Waals surface area (Å²) in [6.45, 7) is 1.73. The predicted molar refractivity (Wildman–Crippen MR) is 57.8 cm³/mol. The van der Waals surface area contributed by atoms with Crippen molar-refractivity contribution in [3.8, 4) is 6.07 Å². The second-order valence-electron chi connectivity index (χ2n) is 3.24. The molecule has 0 saturated heterocycles. The first-order valence-corrected chi connectivity index (χ1v) is 4.93. The zero-order valence-corrected chi connectivity index (χ0v) is 9.28. The van der Waals surface area contributed by atoms with Crippen molar-refractivity contribution >= 4 is 5.97 Å². The molecule has 0 spiro atoms. The van der Waals surface area contributed by atoms with Crippen molar-refractivity contribution in [1.82, 2.24) is 0 Å². The Morgan fingerprint density at radius 2 is 2.25 bits per heavy atom. The number of esters is 1. The fourth-order valence-electron chi connectivity index (χ4n) is 1.65. The number of aliphatic hydroxyl groups is 1. The van der Waals surface area contributed by atoms with E-state index in [1.54, 1.807) is 6.07 Å². The molecule has 0 aliphatic rings. The molecule has 16 heavy (non-hydrogen) atoms. The maximum atomic E-state index is 11.4. The van der Waals surface area contributed by atoms with Crippen LogP contribution in [0.4, 0.5) is 0 Å². The number of carbonyl (C=O) groups excluding carboxylic acids is 1. The van der Waals surface area contributed by atoms with Gasteiger partial charge >= 0.3 is 5.97 Å². The SMILES string of the molecule is CCc1c(CO)ccc(C(=O)OC)c1C#N. The molecule has 1 N–H and O–H groups in total. The van der Waals surface area contributed by atoms with Crippen LogP contribution in [0.5, 0.6) is 0 Å². The van der Waals surface area contributed by atoms with Crippen LogP contribution in [0.1, 0.15) is 34.0 Å². The first-order chi connectivity index (χ1) is 7.69. The maximum absolute atomic E-state index is 11.4. The van der Waals surface area contributed by atoms with Gasteiger partial charge in [-0.3, -0.25) is 0 Å². The minimum Gasteiger partial charge on any atom is -0.465 e. The van der Waals surface area contributed by atoms with Crippen molar-refractivity contribution in [3.63, 3.8) is 0 Å². The minimum atomic E-state index is -0.532. The zero-order chi connectivity index (χ0) is 12.1. The predicted octanol–water partition coefficient (Wildman–Crippen LogP) is 1.40. The van der Waals surface area contributed by atoms with E-state index in [4.69, 9.17) is 10.4 Å². The number of ether oxygens (including phenoxy) is 1. The molecule has 0 aliphatic carbocycles. The van der Waals surface area contributed by atoms with E-state index in [1.807, 2.05) is 13.0 Å². The number of nitriles is 1. The molecule has 0 atom stereocenters. The first kappa shape index (κ1) is 12.2. The lowest BCUT2D eigenvalue weighted by Crippen LogP contribution is -2.08. The summed E-state index contributed by atoms with van der Waals surface area (Å²) in [6.07, 6.45) is 0.587. The van der Waals surface area contributed by atoms with Crippen molar-refractivity contribution in [2.24, 2.45) is 0 Å². The summed E-state index contributed by atoms with van der Waals surface area (Å²) in [5.74, 6) is -0.532. The smallest absolute Gasteiger partial charge is 0.339 e. The standard InChI is InChI=1S/C12H13NO3/c1-3-9-8(7-14)4-5-10(11(9)6-13)12(15)16-2/h4-5,14H,3,7H2,1-2H3. The number of aliphatic hydroxyl groups excluding tert-OH is 1. The molecule has 0 bridgehead atoms. The molecule has 0 amide bonds. The summed E-state index contributed by atoms with van der Waals surface area (Å²) in [4.78, 5) is 11.4. The fraction of sp³-hybridized carbons (Fsp3) is 0.333. The molecule has 0 unspecified atom stereocenters. The van der Waals surface area contributed by atoms with E-state index in [0.29, 0.717) is 23.1 Å². The molecule has 4 nitrogen and oxygen atoms in total.